The number of aliphatic imine (C=N–C) groups is 1. The van der Waals surface area contributed by atoms with Crippen molar-refractivity contribution in [3.8, 4) is 0 Å². The molecule has 1 aliphatic heterocycles. The first kappa shape index (κ1) is 13.8. The van der Waals surface area contributed by atoms with Crippen LogP contribution in [0.3, 0.4) is 0 Å². The highest BCUT2D eigenvalue weighted by atomic mass is 16.3. The molecule has 2 aromatic heterocycles. The van der Waals surface area contributed by atoms with E-state index in [0.717, 1.165) is 11.0 Å². The third-order valence-electron chi connectivity index (χ3n) is 4.33. The molecule has 7 heteroatoms. The van der Waals surface area contributed by atoms with E-state index in [0.29, 0.717) is 22.5 Å². The number of benzene rings is 2. The second-order valence-corrected chi connectivity index (χ2v) is 5.82. The maximum atomic E-state index is 13.0. The van der Waals surface area contributed by atoms with Crippen LogP contribution in [0.4, 0.5) is 5.95 Å². The topological polar surface area (TPSA) is 98.4 Å². The molecule has 4 aromatic rings. The average Bonchev–Trinajstić information content (AvgIpc) is 3.00. The van der Waals surface area contributed by atoms with Crippen molar-refractivity contribution in [2.24, 2.45) is 10.7 Å². The van der Waals surface area contributed by atoms with E-state index >= 15 is 0 Å². The second kappa shape index (κ2) is 4.94. The summed E-state index contributed by atoms with van der Waals surface area (Å²) in [5, 5.41) is 3.46. The molecule has 0 spiro atoms. The first-order chi connectivity index (χ1) is 12.2. The van der Waals surface area contributed by atoms with E-state index in [1.807, 2.05) is 34.9 Å². The van der Waals surface area contributed by atoms with Crippen molar-refractivity contribution < 1.29 is 4.42 Å². The molecule has 0 saturated heterocycles. The van der Waals surface area contributed by atoms with E-state index in [9.17, 15) is 4.79 Å². The van der Waals surface area contributed by atoms with Crippen LogP contribution in [0.5, 0.6) is 0 Å². The number of rotatable bonds is 1. The fourth-order valence-corrected chi connectivity index (χ4v) is 3.20. The molecule has 0 unspecified atom stereocenters. The number of fused-ring (bicyclic) bond motifs is 4. The van der Waals surface area contributed by atoms with Crippen molar-refractivity contribution in [1.82, 2.24) is 9.55 Å². The minimum Gasteiger partial charge on any atom is -0.464 e. The van der Waals surface area contributed by atoms with Crippen molar-refractivity contribution >= 4 is 33.9 Å². The van der Waals surface area contributed by atoms with Crippen molar-refractivity contribution in [1.29, 1.82) is 0 Å². The van der Waals surface area contributed by atoms with Gasteiger partial charge in [-0.15, -0.1) is 0 Å². The van der Waals surface area contributed by atoms with Gasteiger partial charge in [0, 0.05) is 0 Å². The molecule has 5 rings (SSSR count). The Labute approximate surface area is 141 Å². The lowest BCUT2D eigenvalue weighted by atomic mass is 10.1. The number of aromatic nitrogens is 2. The van der Waals surface area contributed by atoms with Crippen LogP contribution in [0.25, 0.3) is 22.0 Å². The van der Waals surface area contributed by atoms with Crippen LogP contribution >= 0.6 is 0 Å². The van der Waals surface area contributed by atoms with Gasteiger partial charge in [0.25, 0.3) is 0 Å². The van der Waals surface area contributed by atoms with Gasteiger partial charge in [-0.1, -0.05) is 24.3 Å². The lowest BCUT2D eigenvalue weighted by molar-refractivity contribution is 0.554. The van der Waals surface area contributed by atoms with E-state index < -0.39 is 6.17 Å². The zero-order valence-corrected chi connectivity index (χ0v) is 13.0. The quantitative estimate of drug-likeness (QED) is 0.558. The number of anilines is 1. The molecule has 1 aliphatic rings. The number of nitrogens with one attached hydrogen (secondary N) is 1. The van der Waals surface area contributed by atoms with Crippen LogP contribution in [-0.4, -0.2) is 15.5 Å². The predicted octanol–water partition coefficient (Wildman–Crippen LogP) is 2.43. The highest BCUT2D eigenvalue weighted by Crippen LogP contribution is 2.31. The number of imidazole rings is 1. The predicted molar refractivity (Wildman–Crippen MR) is 95.6 cm³/mol. The van der Waals surface area contributed by atoms with Gasteiger partial charge in [-0.25, -0.2) is 9.98 Å². The molecule has 3 heterocycles. The van der Waals surface area contributed by atoms with Crippen LogP contribution in [0.2, 0.25) is 0 Å². The van der Waals surface area contributed by atoms with E-state index in [1.165, 1.54) is 6.26 Å². The monoisotopic (exact) mass is 331 g/mol. The van der Waals surface area contributed by atoms with Gasteiger partial charge in [-0.2, -0.15) is 0 Å². The molecule has 1 atom stereocenters. The number of para-hydroxylation sites is 3. The summed E-state index contributed by atoms with van der Waals surface area (Å²) in [7, 11) is 0. The molecule has 3 N–H and O–H groups in total. The van der Waals surface area contributed by atoms with Crippen molar-refractivity contribution in [2.45, 2.75) is 6.17 Å². The third kappa shape index (κ3) is 1.96. The normalized spacial score (nSPS) is 16.5. The summed E-state index contributed by atoms with van der Waals surface area (Å²) in [5.41, 5.74) is 8.39. The van der Waals surface area contributed by atoms with Crippen molar-refractivity contribution in [3.05, 3.63) is 70.6 Å². The van der Waals surface area contributed by atoms with Gasteiger partial charge in [0.15, 0.2) is 17.6 Å². The molecule has 0 saturated carbocycles. The zero-order valence-electron chi connectivity index (χ0n) is 13.0. The first-order valence-corrected chi connectivity index (χ1v) is 7.80. The maximum absolute atomic E-state index is 13.0. The summed E-state index contributed by atoms with van der Waals surface area (Å²) < 4.78 is 7.51. The Morgan fingerprint density at radius 2 is 1.92 bits per heavy atom. The molecule has 7 nitrogen and oxygen atoms in total. The molecule has 0 radical (unpaired) electrons. The lowest BCUT2D eigenvalue weighted by Crippen LogP contribution is -2.33. The smallest absolute Gasteiger partial charge is 0.212 e. The average molecular weight is 331 g/mol. The Balaban J connectivity index is 1.81. The van der Waals surface area contributed by atoms with Crippen LogP contribution in [0.1, 0.15) is 11.7 Å². The fourth-order valence-electron chi connectivity index (χ4n) is 3.20. The molecule has 0 aliphatic carbocycles. The summed E-state index contributed by atoms with van der Waals surface area (Å²) in [6.45, 7) is 0. The third-order valence-corrected chi connectivity index (χ3v) is 4.33. The van der Waals surface area contributed by atoms with Gasteiger partial charge in [0.05, 0.1) is 22.0 Å². The Kier molecular flexibility index (Phi) is 2.73. The van der Waals surface area contributed by atoms with E-state index in [-0.39, 0.29) is 11.4 Å². The Hall–Kier alpha value is -3.61. The van der Waals surface area contributed by atoms with Gasteiger partial charge in [0.2, 0.25) is 5.95 Å². The molecule has 122 valence electrons. The van der Waals surface area contributed by atoms with E-state index in [1.54, 1.807) is 18.2 Å². The Morgan fingerprint density at radius 3 is 2.84 bits per heavy atom. The van der Waals surface area contributed by atoms with Gasteiger partial charge in [0.1, 0.15) is 11.8 Å². The van der Waals surface area contributed by atoms with Gasteiger partial charge in [-0.3, -0.25) is 14.7 Å². The molecule has 25 heavy (non-hydrogen) atoms. The minimum atomic E-state index is -0.635. The zero-order chi connectivity index (χ0) is 17.0. The van der Waals surface area contributed by atoms with Gasteiger partial charge >= 0.3 is 0 Å². The fraction of sp³-hybridized carbons (Fsp3) is 0.0556. The number of hydrogen-bond donors (Lipinski definition) is 2. The second-order valence-electron chi connectivity index (χ2n) is 5.82. The number of nitrogens with two attached hydrogens (primary N) is 1. The Morgan fingerprint density at radius 1 is 1.12 bits per heavy atom. The highest BCUT2D eigenvalue weighted by molar-refractivity contribution is 5.94. The van der Waals surface area contributed by atoms with Gasteiger partial charge < -0.3 is 10.2 Å². The summed E-state index contributed by atoms with van der Waals surface area (Å²) in [4.78, 5) is 21.9. The number of hydrogen-bond acceptors (Lipinski definition) is 6. The van der Waals surface area contributed by atoms with Crippen molar-refractivity contribution in [3.63, 3.8) is 0 Å². The van der Waals surface area contributed by atoms with Crippen LogP contribution in [0, 0.1) is 0 Å². The minimum absolute atomic E-state index is 0.131. The molecule has 0 bridgehead atoms. The summed E-state index contributed by atoms with van der Waals surface area (Å²) >= 11 is 0. The highest BCUT2D eigenvalue weighted by Gasteiger charge is 2.27. The summed E-state index contributed by atoms with van der Waals surface area (Å²) in [6, 6.07) is 14.8. The largest absolute Gasteiger partial charge is 0.464 e. The maximum Gasteiger partial charge on any atom is 0.212 e. The lowest BCUT2D eigenvalue weighted by Gasteiger charge is -2.23. The van der Waals surface area contributed by atoms with E-state index in [2.05, 4.69) is 15.3 Å². The van der Waals surface area contributed by atoms with Gasteiger partial charge in [-0.05, 0) is 24.3 Å². The van der Waals surface area contributed by atoms with E-state index in [4.69, 9.17) is 10.2 Å². The van der Waals surface area contributed by atoms with Crippen LogP contribution in [-0.2, 0) is 0 Å². The summed E-state index contributed by atoms with van der Waals surface area (Å²) in [6.07, 6.45) is 0.820. The molecule has 0 fully saturated rings. The summed E-state index contributed by atoms with van der Waals surface area (Å²) in [5.74, 6) is 0.756. The first-order valence-electron chi connectivity index (χ1n) is 7.80. The number of guanidine groups is 1. The molecule has 2 aromatic carbocycles. The SMILES string of the molecule is NC1=N[C@H](c2coc3ccccc3c2=O)n2c(nc3ccccc32)N1. The Bertz CT molecular complexity index is 1220. The molecular weight excluding hydrogens is 318 g/mol. The molecular formula is C18H13N5O2. The molecule has 0 amide bonds. The van der Waals surface area contributed by atoms with Crippen LogP contribution in [0.15, 0.2) is 69.0 Å². The number of nitrogens with zero attached hydrogens (tertiary/aromatic N) is 3. The standard InChI is InChI=1S/C18H13N5O2/c19-17-21-16(11-9-25-14-8-4-1-5-10(14)15(11)24)23-13-7-3-2-6-12(13)20-18(23)22-17/h1-9,16H,(H3,19,20,21,22)/t16-/m0/s1. The van der Waals surface area contributed by atoms with Crippen molar-refractivity contribution in [2.75, 3.05) is 5.32 Å². The van der Waals surface area contributed by atoms with Crippen LogP contribution < -0.4 is 16.5 Å².